The number of hydrogen-bond donors (Lipinski definition) is 2. The second-order valence-corrected chi connectivity index (χ2v) is 5.38. The van der Waals surface area contributed by atoms with Crippen molar-refractivity contribution in [1.29, 1.82) is 5.26 Å². The second kappa shape index (κ2) is 8.49. The van der Waals surface area contributed by atoms with E-state index in [1.807, 2.05) is 24.3 Å². The summed E-state index contributed by atoms with van der Waals surface area (Å²) in [4.78, 5) is 23.5. The average molecular weight is 321 g/mol. The van der Waals surface area contributed by atoms with Crippen LogP contribution < -0.4 is 10.6 Å². The summed E-state index contributed by atoms with van der Waals surface area (Å²) in [6.45, 7) is 0.446. The van der Waals surface area contributed by atoms with Crippen molar-refractivity contribution in [3.05, 3.63) is 70.8 Å². The van der Waals surface area contributed by atoms with Gasteiger partial charge in [-0.3, -0.25) is 9.59 Å². The minimum Gasteiger partial charge on any atom is -0.355 e. The van der Waals surface area contributed by atoms with E-state index in [0.717, 1.165) is 16.7 Å². The Morgan fingerprint density at radius 3 is 2.12 bits per heavy atom. The number of nitrogens with one attached hydrogen (secondary N) is 2. The molecule has 0 saturated carbocycles. The van der Waals surface area contributed by atoms with Crippen LogP contribution in [0.4, 0.5) is 0 Å². The number of amides is 2. The van der Waals surface area contributed by atoms with Crippen LogP contribution in [-0.4, -0.2) is 18.9 Å². The molecule has 2 N–H and O–H groups in total. The Labute approximate surface area is 141 Å². The van der Waals surface area contributed by atoms with Gasteiger partial charge in [0.2, 0.25) is 5.91 Å². The first-order valence-corrected chi connectivity index (χ1v) is 7.65. The van der Waals surface area contributed by atoms with Gasteiger partial charge in [0.1, 0.15) is 0 Å². The van der Waals surface area contributed by atoms with Gasteiger partial charge in [0.05, 0.1) is 18.9 Å². The van der Waals surface area contributed by atoms with Crippen molar-refractivity contribution in [2.24, 2.45) is 0 Å². The molecule has 0 unspecified atom stereocenters. The monoisotopic (exact) mass is 321 g/mol. The van der Waals surface area contributed by atoms with Gasteiger partial charge in [-0.1, -0.05) is 36.4 Å². The zero-order valence-corrected chi connectivity index (χ0v) is 13.5. The van der Waals surface area contributed by atoms with Gasteiger partial charge in [0, 0.05) is 19.2 Å². The van der Waals surface area contributed by atoms with E-state index < -0.39 is 0 Å². The van der Waals surface area contributed by atoms with Crippen LogP contribution in [0, 0.1) is 11.3 Å². The second-order valence-electron chi connectivity index (χ2n) is 5.38. The molecule has 0 aliphatic carbocycles. The fourth-order valence-corrected chi connectivity index (χ4v) is 2.23. The number of nitriles is 1. The van der Waals surface area contributed by atoms with Crippen LogP contribution in [0.15, 0.2) is 48.5 Å². The lowest BCUT2D eigenvalue weighted by atomic mass is 10.1. The van der Waals surface area contributed by atoms with Gasteiger partial charge in [-0.2, -0.15) is 5.26 Å². The van der Waals surface area contributed by atoms with E-state index in [-0.39, 0.29) is 18.2 Å². The standard InChI is InChI=1S/C19H19N3O2/c1-21-19(24)17-8-6-15(7-9-17)12-18(23)22-13-16-4-2-14(3-5-16)10-11-20/h2-9H,10,12-13H2,1H3,(H,21,24)(H,22,23). The minimum atomic E-state index is -0.147. The van der Waals surface area contributed by atoms with Gasteiger partial charge in [-0.15, -0.1) is 0 Å². The minimum absolute atomic E-state index is 0.0798. The maximum Gasteiger partial charge on any atom is 0.251 e. The fourth-order valence-electron chi connectivity index (χ4n) is 2.23. The van der Waals surface area contributed by atoms with E-state index in [0.29, 0.717) is 18.5 Å². The molecule has 0 spiro atoms. The summed E-state index contributed by atoms with van der Waals surface area (Å²) in [5.74, 6) is -0.227. The zero-order chi connectivity index (χ0) is 17.4. The van der Waals surface area contributed by atoms with Crippen molar-refractivity contribution < 1.29 is 9.59 Å². The number of carbonyl (C=O) groups is 2. The van der Waals surface area contributed by atoms with Crippen LogP contribution in [0.1, 0.15) is 27.0 Å². The van der Waals surface area contributed by atoms with Gasteiger partial charge >= 0.3 is 0 Å². The fraction of sp³-hybridized carbons (Fsp3) is 0.211. The Morgan fingerprint density at radius 2 is 1.54 bits per heavy atom. The van der Waals surface area contributed by atoms with E-state index in [9.17, 15) is 9.59 Å². The van der Waals surface area contributed by atoms with Crippen LogP contribution in [0.5, 0.6) is 0 Å². The number of benzene rings is 2. The Morgan fingerprint density at radius 1 is 0.958 bits per heavy atom. The van der Waals surface area contributed by atoms with Crippen LogP contribution in [0.2, 0.25) is 0 Å². The van der Waals surface area contributed by atoms with Crippen molar-refractivity contribution in [3.8, 4) is 6.07 Å². The van der Waals surface area contributed by atoms with Crippen LogP contribution in [0.25, 0.3) is 0 Å². The molecule has 0 aliphatic heterocycles. The molecule has 24 heavy (non-hydrogen) atoms. The van der Waals surface area contributed by atoms with Crippen LogP contribution in [-0.2, 0) is 24.2 Å². The third-order valence-corrected chi connectivity index (χ3v) is 3.60. The molecule has 0 fully saturated rings. The normalized spacial score (nSPS) is 9.83. The predicted molar refractivity (Wildman–Crippen MR) is 91.1 cm³/mol. The molecule has 122 valence electrons. The molecule has 2 aromatic rings. The largest absolute Gasteiger partial charge is 0.355 e. The quantitative estimate of drug-likeness (QED) is 0.853. The third-order valence-electron chi connectivity index (χ3n) is 3.60. The summed E-state index contributed by atoms with van der Waals surface area (Å²) in [6, 6.07) is 16.7. The molecule has 2 rings (SSSR count). The smallest absolute Gasteiger partial charge is 0.251 e. The molecule has 0 aliphatic rings. The molecule has 0 aromatic heterocycles. The molecule has 2 amide bonds. The predicted octanol–water partition coefficient (Wildman–Crippen LogP) is 1.97. The van der Waals surface area contributed by atoms with Crippen molar-refractivity contribution in [3.63, 3.8) is 0 Å². The van der Waals surface area contributed by atoms with Crippen LogP contribution in [0.3, 0.4) is 0 Å². The van der Waals surface area contributed by atoms with Crippen molar-refractivity contribution in [2.45, 2.75) is 19.4 Å². The Kier molecular flexibility index (Phi) is 6.09. The summed E-state index contributed by atoms with van der Waals surface area (Å²) in [6.07, 6.45) is 0.652. The van der Waals surface area contributed by atoms with Gasteiger partial charge in [-0.25, -0.2) is 0 Å². The lowest BCUT2D eigenvalue weighted by molar-refractivity contribution is -0.120. The summed E-state index contributed by atoms with van der Waals surface area (Å²) in [7, 11) is 1.58. The zero-order valence-electron chi connectivity index (χ0n) is 13.5. The van der Waals surface area contributed by atoms with E-state index in [1.165, 1.54) is 0 Å². The van der Waals surface area contributed by atoms with E-state index >= 15 is 0 Å². The number of nitrogens with zero attached hydrogens (tertiary/aromatic N) is 1. The van der Waals surface area contributed by atoms with E-state index in [4.69, 9.17) is 5.26 Å². The van der Waals surface area contributed by atoms with Gasteiger partial charge in [0.15, 0.2) is 0 Å². The molecule has 0 atom stereocenters. The maximum absolute atomic E-state index is 12.0. The molecule has 0 bridgehead atoms. The first-order chi connectivity index (χ1) is 11.6. The van der Waals surface area contributed by atoms with Crippen molar-refractivity contribution in [2.75, 3.05) is 7.05 Å². The van der Waals surface area contributed by atoms with Gasteiger partial charge in [0.25, 0.3) is 5.91 Å². The third kappa shape index (κ3) is 4.96. The summed E-state index contributed by atoms with van der Waals surface area (Å²) >= 11 is 0. The highest BCUT2D eigenvalue weighted by molar-refractivity contribution is 5.94. The number of rotatable bonds is 6. The summed E-state index contributed by atoms with van der Waals surface area (Å²) in [5.41, 5.74) is 3.37. The number of hydrogen-bond acceptors (Lipinski definition) is 3. The highest BCUT2D eigenvalue weighted by atomic mass is 16.2. The molecule has 2 aromatic carbocycles. The highest BCUT2D eigenvalue weighted by Gasteiger charge is 2.06. The van der Waals surface area contributed by atoms with Gasteiger partial charge < -0.3 is 10.6 Å². The Hall–Kier alpha value is -3.13. The van der Waals surface area contributed by atoms with Crippen molar-refractivity contribution in [1.82, 2.24) is 10.6 Å². The highest BCUT2D eigenvalue weighted by Crippen LogP contribution is 2.07. The average Bonchev–Trinajstić information content (AvgIpc) is 2.61. The lowest BCUT2D eigenvalue weighted by Gasteiger charge is -2.07. The molecule has 0 saturated heterocycles. The van der Waals surface area contributed by atoms with E-state index in [1.54, 1.807) is 31.3 Å². The Balaban J connectivity index is 1.84. The van der Waals surface area contributed by atoms with E-state index in [2.05, 4.69) is 16.7 Å². The molecule has 5 heteroatoms. The topological polar surface area (TPSA) is 82.0 Å². The first kappa shape index (κ1) is 17.2. The van der Waals surface area contributed by atoms with Crippen molar-refractivity contribution >= 4 is 11.8 Å². The summed E-state index contributed by atoms with van der Waals surface area (Å²) in [5, 5.41) is 14.1. The van der Waals surface area contributed by atoms with Gasteiger partial charge in [-0.05, 0) is 28.8 Å². The lowest BCUT2D eigenvalue weighted by Crippen LogP contribution is -2.24. The maximum atomic E-state index is 12.0. The number of carbonyl (C=O) groups excluding carboxylic acids is 2. The molecule has 0 heterocycles. The van der Waals surface area contributed by atoms with Crippen LogP contribution >= 0.6 is 0 Å². The molecular weight excluding hydrogens is 302 g/mol. The Bertz CT molecular complexity index is 744. The summed E-state index contributed by atoms with van der Waals surface area (Å²) < 4.78 is 0. The molecule has 0 radical (unpaired) electrons. The molecular formula is C19H19N3O2. The molecule has 5 nitrogen and oxygen atoms in total. The first-order valence-electron chi connectivity index (χ1n) is 7.65. The SMILES string of the molecule is CNC(=O)c1ccc(CC(=O)NCc2ccc(CC#N)cc2)cc1.